The number of carbonyl (C=O) groups excluding carboxylic acids is 2. The average Bonchev–Trinajstić information content (AvgIpc) is 3.20. The molecule has 0 saturated heterocycles. The van der Waals surface area contributed by atoms with Crippen LogP contribution in [0.5, 0.6) is 0 Å². The molecule has 1 aromatic heterocycles. The van der Waals surface area contributed by atoms with Gasteiger partial charge in [-0.1, -0.05) is 25.7 Å². The highest BCUT2D eigenvalue weighted by Crippen LogP contribution is 2.19. The molecule has 120 valence electrons. The zero-order chi connectivity index (χ0) is 15.5. The van der Waals surface area contributed by atoms with Crippen molar-refractivity contribution in [3.63, 3.8) is 0 Å². The Hall–Kier alpha value is -1.85. The summed E-state index contributed by atoms with van der Waals surface area (Å²) in [5, 5.41) is 10.2. The predicted molar refractivity (Wildman–Crippen MR) is 82.7 cm³/mol. The maximum Gasteiger partial charge on any atom is 0.272 e. The van der Waals surface area contributed by atoms with Crippen molar-refractivity contribution in [3.8, 4) is 0 Å². The summed E-state index contributed by atoms with van der Waals surface area (Å²) >= 11 is 0. The van der Waals surface area contributed by atoms with E-state index >= 15 is 0 Å². The van der Waals surface area contributed by atoms with Gasteiger partial charge in [0.15, 0.2) is 5.69 Å². The molecule has 2 amide bonds. The van der Waals surface area contributed by atoms with Gasteiger partial charge in [0.2, 0.25) is 0 Å². The second-order valence-electron chi connectivity index (χ2n) is 6.45. The van der Waals surface area contributed by atoms with Crippen LogP contribution in [0.15, 0.2) is 6.07 Å². The van der Waals surface area contributed by atoms with Crippen molar-refractivity contribution < 1.29 is 9.59 Å². The van der Waals surface area contributed by atoms with Crippen molar-refractivity contribution in [2.75, 3.05) is 0 Å². The van der Waals surface area contributed by atoms with Gasteiger partial charge in [-0.05, 0) is 25.7 Å². The molecule has 0 atom stereocenters. The third-order valence-corrected chi connectivity index (χ3v) is 4.73. The Morgan fingerprint density at radius 3 is 2.05 bits per heavy atom. The topological polar surface area (TPSA) is 76.0 Å². The molecule has 0 unspecified atom stereocenters. The van der Waals surface area contributed by atoms with Gasteiger partial charge < -0.3 is 10.6 Å². The van der Waals surface area contributed by atoms with Crippen molar-refractivity contribution in [3.05, 3.63) is 17.5 Å². The van der Waals surface area contributed by atoms with Crippen molar-refractivity contribution in [1.82, 2.24) is 20.4 Å². The number of hydrogen-bond acceptors (Lipinski definition) is 3. The molecule has 2 aliphatic rings. The van der Waals surface area contributed by atoms with Crippen LogP contribution in [0.25, 0.3) is 0 Å². The maximum atomic E-state index is 12.3. The van der Waals surface area contributed by atoms with E-state index in [1.165, 1.54) is 30.4 Å². The number of hydrogen-bond donors (Lipinski definition) is 2. The van der Waals surface area contributed by atoms with Crippen molar-refractivity contribution in [1.29, 1.82) is 0 Å². The van der Waals surface area contributed by atoms with E-state index in [0.717, 1.165) is 25.7 Å². The molecule has 2 fully saturated rings. The molecule has 6 nitrogen and oxygen atoms in total. The average molecular weight is 304 g/mol. The second-order valence-corrected chi connectivity index (χ2v) is 6.45. The zero-order valence-corrected chi connectivity index (χ0v) is 13.1. The fourth-order valence-corrected chi connectivity index (χ4v) is 3.45. The molecular formula is C16H24N4O2. The number of rotatable bonds is 4. The normalized spacial score (nSPS) is 19.5. The van der Waals surface area contributed by atoms with Crippen LogP contribution in [-0.4, -0.2) is 33.7 Å². The third kappa shape index (κ3) is 3.31. The molecule has 0 aliphatic heterocycles. The largest absolute Gasteiger partial charge is 0.348 e. The van der Waals surface area contributed by atoms with E-state index in [-0.39, 0.29) is 23.9 Å². The smallest absolute Gasteiger partial charge is 0.272 e. The summed E-state index contributed by atoms with van der Waals surface area (Å²) in [5.41, 5.74) is 0.773. The summed E-state index contributed by atoms with van der Waals surface area (Å²) in [5.74, 6) is -0.316. The minimum absolute atomic E-state index is 0.137. The highest BCUT2D eigenvalue weighted by Gasteiger charge is 2.23. The fraction of sp³-hybridized carbons (Fsp3) is 0.688. The minimum Gasteiger partial charge on any atom is -0.348 e. The van der Waals surface area contributed by atoms with Crippen LogP contribution in [0.2, 0.25) is 0 Å². The zero-order valence-electron chi connectivity index (χ0n) is 13.1. The molecule has 2 aliphatic carbocycles. The molecule has 2 N–H and O–H groups in total. The standard InChI is InChI=1S/C16H24N4O2/c1-20-14(16(22)18-12-8-4-5-9-12)10-13(19-20)15(21)17-11-6-2-3-7-11/h10-12H,2-9H2,1H3,(H,17,21)(H,18,22). The fourth-order valence-electron chi connectivity index (χ4n) is 3.45. The number of carbonyl (C=O) groups is 2. The van der Waals surface area contributed by atoms with Gasteiger partial charge in [0, 0.05) is 25.2 Å². The first-order valence-electron chi connectivity index (χ1n) is 8.29. The lowest BCUT2D eigenvalue weighted by Gasteiger charge is -2.11. The lowest BCUT2D eigenvalue weighted by molar-refractivity contribution is 0.0922. The Bertz CT molecular complexity index is 554. The van der Waals surface area contributed by atoms with Crippen molar-refractivity contribution in [2.45, 2.75) is 63.5 Å². The SMILES string of the molecule is Cn1nc(C(=O)NC2CCCC2)cc1C(=O)NC1CCCC1. The van der Waals surface area contributed by atoms with E-state index in [1.54, 1.807) is 13.1 Å². The summed E-state index contributed by atoms with van der Waals surface area (Å²) in [7, 11) is 1.70. The minimum atomic E-state index is -0.178. The Labute approximate surface area is 130 Å². The first-order chi connectivity index (χ1) is 10.6. The quantitative estimate of drug-likeness (QED) is 0.890. The Kier molecular flexibility index (Phi) is 4.45. The molecule has 6 heteroatoms. The van der Waals surface area contributed by atoms with Crippen LogP contribution in [0.3, 0.4) is 0 Å². The van der Waals surface area contributed by atoms with Crippen molar-refractivity contribution >= 4 is 11.8 Å². The second kappa shape index (κ2) is 6.50. The molecule has 2 saturated carbocycles. The third-order valence-electron chi connectivity index (χ3n) is 4.73. The monoisotopic (exact) mass is 304 g/mol. The van der Waals surface area contributed by atoms with E-state index in [4.69, 9.17) is 0 Å². The first-order valence-corrected chi connectivity index (χ1v) is 8.29. The number of aryl methyl sites for hydroxylation is 1. The van der Waals surface area contributed by atoms with Crippen LogP contribution in [0, 0.1) is 0 Å². The molecule has 1 heterocycles. The highest BCUT2D eigenvalue weighted by atomic mass is 16.2. The predicted octanol–water partition coefficient (Wildman–Crippen LogP) is 1.76. The number of amides is 2. The van der Waals surface area contributed by atoms with Gasteiger partial charge in [-0.3, -0.25) is 14.3 Å². The molecular weight excluding hydrogens is 280 g/mol. The first kappa shape index (κ1) is 15.1. The molecule has 22 heavy (non-hydrogen) atoms. The van der Waals surface area contributed by atoms with Crippen LogP contribution in [-0.2, 0) is 7.05 Å². The van der Waals surface area contributed by atoms with Crippen LogP contribution < -0.4 is 10.6 Å². The molecule has 0 radical (unpaired) electrons. The number of nitrogens with one attached hydrogen (secondary N) is 2. The van der Waals surface area contributed by atoms with Gasteiger partial charge in [0.05, 0.1) is 0 Å². The van der Waals surface area contributed by atoms with Crippen LogP contribution in [0.4, 0.5) is 0 Å². The van der Waals surface area contributed by atoms with E-state index in [1.807, 2.05) is 0 Å². The van der Waals surface area contributed by atoms with Crippen molar-refractivity contribution in [2.24, 2.45) is 7.05 Å². The van der Waals surface area contributed by atoms with Crippen LogP contribution in [0.1, 0.15) is 72.3 Å². The van der Waals surface area contributed by atoms with E-state index in [9.17, 15) is 9.59 Å². The summed E-state index contributed by atoms with van der Waals surface area (Å²) in [6, 6.07) is 2.11. The van der Waals surface area contributed by atoms with E-state index in [0.29, 0.717) is 11.4 Å². The van der Waals surface area contributed by atoms with Gasteiger partial charge in [0.25, 0.3) is 11.8 Å². The van der Waals surface area contributed by atoms with E-state index in [2.05, 4.69) is 15.7 Å². The molecule has 0 aromatic carbocycles. The Morgan fingerprint density at radius 1 is 1.00 bits per heavy atom. The lowest BCUT2D eigenvalue weighted by atomic mass is 10.2. The Balaban J connectivity index is 1.64. The lowest BCUT2D eigenvalue weighted by Crippen LogP contribution is -2.33. The number of nitrogens with zero attached hydrogens (tertiary/aromatic N) is 2. The van der Waals surface area contributed by atoms with Gasteiger partial charge >= 0.3 is 0 Å². The molecule has 1 aromatic rings. The van der Waals surface area contributed by atoms with Gasteiger partial charge in [-0.2, -0.15) is 5.10 Å². The maximum absolute atomic E-state index is 12.3. The summed E-state index contributed by atoms with van der Waals surface area (Å²) < 4.78 is 1.49. The summed E-state index contributed by atoms with van der Waals surface area (Å²) in [6.45, 7) is 0. The highest BCUT2D eigenvalue weighted by molar-refractivity contribution is 5.98. The molecule has 0 bridgehead atoms. The van der Waals surface area contributed by atoms with E-state index < -0.39 is 0 Å². The summed E-state index contributed by atoms with van der Waals surface area (Å²) in [6.07, 6.45) is 8.83. The van der Waals surface area contributed by atoms with Gasteiger partial charge in [-0.25, -0.2) is 0 Å². The van der Waals surface area contributed by atoms with Gasteiger partial charge in [-0.15, -0.1) is 0 Å². The summed E-state index contributed by atoms with van der Waals surface area (Å²) in [4.78, 5) is 24.5. The molecule has 0 spiro atoms. The molecule has 3 rings (SSSR count). The number of aromatic nitrogens is 2. The Morgan fingerprint density at radius 2 is 1.50 bits per heavy atom. The van der Waals surface area contributed by atoms with Crippen LogP contribution >= 0.6 is 0 Å². The van der Waals surface area contributed by atoms with Gasteiger partial charge in [0.1, 0.15) is 5.69 Å².